The van der Waals surface area contributed by atoms with Crippen molar-refractivity contribution in [3.8, 4) is 5.75 Å². The average Bonchev–Trinajstić information content (AvgIpc) is 3.15. The molecule has 7 heteroatoms. The van der Waals surface area contributed by atoms with E-state index in [1.54, 1.807) is 23.5 Å². The molecule has 0 spiro atoms. The van der Waals surface area contributed by atoms with Gasteiger partial charge in [-0.15, -0.1) is 0 Å². The lowest BCUT2D eigenvalue weighted by atomic mass is 10.2. The Morgan fingerprint density at radius 1 is 0.960 bits per heavy atom. The summed E-state index contributed by atoms with van der Waals surface area (Å²) in [6.07, 6.45) is 0.880. The molecule has 0 saturated heterocycles. The molecule has 0 radical (unpaired) electrons. The second-order valence-electron chi connectivity index (χ2n) is 5.20. The van der Waals surface area contributed by atoms with Crippen molar-refractivity contribution in [2.45, 2.75) is 6.42 Å². The number of non-ortho nitro benzene ring substituents is 1. The predicted molar refractivity (Wildman–Crippen MR) is 97.2 cm³/mol. The lowest BCUT2D eigenvalue weighted by Crippen LogP contribution is -1.99. The van der Waals surface area contributed by atoms with E-state index in [1.165, 1.54) is 17.7 Å². The number of azo groups is 1. The molecule has 6 nitrogen and oxygen atoms in total. The highest BCUT2D eigenvalue weighted by Gasteiger charge is 2.03. The Labute approximate surface area is 148 Å². The van der Waals surface area contributed by atoms with Gasteiger partial charge in [0.1, 0.15) is 5.75 Å². The third-order valence-corrected chi connectivity index (χ3v) is 4.15. The van der Waals surface area contributed by atoms with Crippen molar-refractivity contribution in [3.05, 3.63) is 81.0 Å². The van der Waals surface area contributed by atoms with Crippen LogP contribution in [0.3, 0.4) is 0 Å². The number of rotatable bonds is 7. The molecule has 0 aliphatic carbocycles. The molecule has 0 saturated carbocycles. The maximum atomic E-state index is 10.6. The topological polar surface area (TPSA) is 77.1 Å². The minimum atomic E-state index is -0.446. The zero-order chi connectivity index (χ0) is 17.5. The minimum Gasteiger partial charge on any atom is -0.493 e. The Morgan fingerprint density at radius 3 is 2.16 bits per heavy atom. The molecule has 0 N–H and O–H groups in total. The molecule has 0 unspecified atom stereocenters. The van der Waals surface area contributed by atoms with E-state index in [-0.39, 0.29) is 5.69 Å². The number of nitro benzene ring substituents is 1. The first kappa shape index (κ1) is 16.8. The second-order valence-corrected chi connectivity index (χ2v) is 5.98. The quantitative estimate of drug-likeness (QED) is 0.311. The Bertz CT molecular complexity index is 844. The first-order valence-corrected chi connectivity index (χ1v) is 8.55. The fourth-order valence-corrected chi connectivity index (χ4v) is 2.79. The summed E-state index contributed by atoms with van der Waals surface area (Å²) < 4.78 is 5.70. The lowest BCUT2D eigenvalue weighted by Gasteiger charge is -2.05. The van der Waals surface area contributed by atoms with Crippen molar-refractivity contribution in [1.82, 2.24) is 0 Å². The molecule has 0 aliphatic rings. The van der Waals surface area contributed by atoms with Crippen molar-refractivity contribution >= 4 is 28.4 Å². The molecule has 126 valence electrons. The van der Waals surface area contributed by atoms with Crippen molar-refractivity contribution in [2.24, 2.45) is 10.2 Å². The van der Waals surface area contributed by atoms with Crippen LogP contribution < -0.4 is 4.74 Å². The van der Waals surface area contributed by atoms with Crippen LogP contribution >= 0.6 is 11.3 Å². The number of nitro groups is 1. The third kappa shape index (κ3) is 4.95. The van der Waals surface area contributed by atoms with Crippen LogP contribution in [-0.4, -0.2) is 11.5 Å². The Hall–Kier alpha value is -3.06. The molecule has 1 aromatic heterocycles. The van der Waals surface area contributed by atoms with Gasteiger partial charge in [0.15, 0.2) is 0 Å². The van der Waals surface area contributed by atoms with Gasteiger partial charge < -0.3 is 4.74 Å². The number of hydrogen-bond acceptors (Lipinski definition) is 6. The number of ether oxygens (including phenoxy) is 1. The smallest absolute Gasteiger partial charge is 0.269 e. The largest absolute Gasteiger partial charge is 0.493 e. The van der Waals surface area contributed by atoms with Crippen molar-refractivity contribution < 1.29 is 9.66 Å². The van der Waals surface area contributed by atoms with E-state index in [1.807, 2.05) is 24.3 Å². The van der Waals surface area contributed by atoms with Crippen LogP contribution in [0.15, 0.2) is 75.6 Å². The summed E-state index contributed by atoms with van der Waals surface area (Å²) in [6, 6.07) is 15.3. The molecule has 0 bridgehead atoms. The average molecular weight is 353 g/mol. The van der Waals surface area contributed by atoms with Crippen LogP contribution in [0.1, 0.15) is 5.56 Å². The standard InChI is InChI=1S/C18H15N3O3S/c22-21(23)17-5-1-15(2-6-17)19-20-16-3-7-18(8-4-16)24-11-9-14-10-12-25-13-14/h1-8,10,12-13H,9,11H2. The zero-order valence-corrected chi connectivity index (χ0v) is 14.1. The molecule has 0 amide bonds. The molecule has 3 aromatic rings. The van der Waals surface area contributed by atoms with Crippen molar-refractivity contribution in [1.29, 1.82) is 0 Å². The normalized spacial score (nSPS) is 10.9. The van der Waals surface area contributed by atoms with Crippen molar-refractivity contribution in [3.63, 3.8) is 0 Å². The van der Waals surface area contributed by atoms with Gasteiger partial charge >= 0.3 is 0 Å². The summed E-state index contributed by atoms with van der Waals surface area (Å²) in [4.78, 5) is 10.2. The van der Waals surface area contributed by atoms with Crippen LogP contribution in [0, 0.1) is 10.1 Å². The molecule has 25 heavy (non-hydrogen) atoms. The summed E-state index contributed by atoms with van der Waals surface area (Å²) >= 11 is 1.68. The second kappa shape index (κ2) is 8.16. The van der Waals surface area contributed by atoms with Gasteiger partial charge in [-0.05, 0) is 58.8 Å². The molecule has 2 aromatic carbocycles. The summed E-state index contributed by atoms with van der Waals surface area (Å²) in [7, 11) is 0. The molecule has 0 aliphatic heterocycles. The SMILES string of the molecule is O=[N+]([O-])c1ccc(N=Nc2ccc(OCCc3ccsc3)cc2)cc1. The van der Waals surface area contributed by atoms with E-state index in [4.69, 9.17) is 4.74 Å². The summed E-state index contributed by atoms with van der Waals surface area (Å²) in [6.45, 7) is 0.625. The van der Waals surface area contributed by atoms with Gasteiger partial charge in [0, 0.05) is 18.6 Å². The highest BCUT2D eigenvalue weighted by molar-refractivity contribution is 7.07. The molecular weight excluding hydrogens is 338 g/mol. The van der Waals surface area contributed by atoms with E-state index >= 15 is 0 Å². The number of thiophene rings is 1. The maximum Gasteiger partial charge on any atom is 0.269 e. The van der Waals surface area contributed by atoms with Crippen LogP contribution in [0.5, 0.6) is 5.75 Å². The highest BCUT2D eigenvalue weighted by Crippen LogP contribution is 2.23. The van der Waals surface area contributed by atoms with E-state index in [0.29, 0.717) is 18.0 Å². The fourth-order valence-electron chi connectivity index (χ4n) is 2.09. The maximum absolute atomic E-state index is 10.6. The van der Waals surface area contributed by atoms with E-state index in [2.05, 4.69) is 27.1 Å². The third-order valence-electron chi connectivity index (χ3n) is 3.42. The van der Waals surface area contributed by atoms with Gasteiger partial charge in [-0.1, -0.05) is 0 Å². The van der Waals surface area contributed by atoms with E-state index < -0.39 is 4.92 Å². The summed E-state index contributed by atoms with van der Waals surface area (Å²) in [5.41, 5.74) is 2.55. The molecule has 1 heterocycles. The van der Waals surface area contributed by atoms with E-state index in [9.17, 15) is 10.1 Å². The van der Waals surface area contributed by atoms with E-state index in [0.717, 1.165) is 12.2 Å². The van der Waals surface area contributed by atoms with Crippen LogP contribution in [0.2, 0.25) is 0 Å². The zero-order valence-electron chi connectivity index (χ0n) is 13.2. The monoisotopic (exact) mass is 353 g/mol. The fraction of sp³-hybridized carbons (Fsp3) is 0.111. The van der Waals surface area contributed by atoms with Gasteiger partial charge in [0.05, 0.1) is 22.9 Å². The molecular formula is C18H15N3O3S. The van der Waals surface area contributed by atoms with Gasteiger partial charge in [0.2, 0.25) is 0 Å². The first-order chi connectivity index (χ1) is 12.2. The predicted octanol–water partition coefficient (Wildman–Crippen LogP) is 5.69. The number of nitrogens with zero attached hydrogens (tertiary/aromatic N) is 3. The minimum absolute atomic E-state index is 0.0305. The van der Waals surface area contributed by atoms with Gasteiger partial charge in [-0.3, -0.25) is 10.1 Å². The Balaban J connectivity index is 1.53. The van der Waals surface area contributed by atoms with Crippen LogP contribution in [-0.2, 0) is 6.42 Å². The molecule has 0 fully saturated rings. The lowest BCUT2D eigenvalue weighted by molar-refractivity contribution is -0.384. The van der Waals surface area contributed by atoms with Gasteiger partial charge in [-0.2, -0.15) is 21.6 Å². The Kier molecular flexibility index (Phi) is 5.48. The van der Waals surface area contributed by atoms with Crippen molar-refractivity contribution in [2.75, 3.05) is 6.61 Å². The number of hydrogen-bond donors (Lipinski definition) is 0. The first-order valence-electron chi connectivity index (χ1n) is 7.61. The summed E-state index contributed by atoms with van der Waals surface area (Å²) in [5.74, 6) is 0.782. The highest BCUT2D eigenvalue weighted by atomic mass is 32.1. The van der Waals surface area contributed by atoms with Crippen LogP contribution in [0.4, 0.5) is 17.1 Å². The van der Waals surface area contributed by atoms with Gasteiger partial charge in [-0.25, -0.2) is 0 Å². The van der Waals surface area contributed by atoms with Crippen LogP contribution in [0.25, 0.3) is 0 Å². The Morgan fingerprint density at radius 2 is 1.60 bits per heavy atom. The molecule has 0 atom stereocenters. The number of benzene rings is 2. The summed E-state index contributed by atoms with van der Waals surface area (Å²) in [5, 5.41) is 23.0. The van der Waals surface area contributed by atoms with Gasteiger partial charge in [0.25, 0.3) is 5.69 Å². The molecule has 3 rings (SSSR count).